The molecule has 4 nitrogen and oxygen atoms in total. The van der Waals surface area contributed by atoms with Gasteiger partial charge < -0.3 is 5.32 Å². The highest BCUT2D eigenvalue weighted by Gasteiger charge is 2.45. The molecule has 196 valence electrons. The molecule has 1 aromatic heterocycles. The van der Waals surface area contributed by atoms with Crippen molar-refractivity contribution in [1.82, 2.24) is 9.78 Å². The smallest absolute Gasteiger partial charge is 0.363 e. The molecule has 1 atom stereocenters. The molecule has 1 aliphatic carbocycles. The van der Waals surface area contributed by atoms with Gasteiger partial charge in [0, 0.05) is 11.8 Å². The van der Waals surface area contributed by atoms with E-state index in [0.717, 1.165) is 55.6 Å². The number of nitrogens with zero attached hydrogens (tertiary/aromatic N) is 2. The highest BCUT2D eigenvalue weighted by atomic mass is 19.4. The molecule has 37 heavy (non-hydrogen) atoms. The van der Waals surface area contributed by atoms with Crippen LogP contribution in [0.25, 0.3) is 0 Å². The van der Waals surface area contributed by atoms with E-state index < -0.39 is 17.2 Å². The van der Waals surface area contributed by atoms with Crippen molar-refractivity contribution in [2.75, 3.05) is 5.32 Å². The third-order valence-electron chi connectivity index (χ3n) is 8.83. The Hall–Kier alpha value is -3.09. The zero-order chi connectivity index (χ0) is 26.3. The van der Waals surface area contributed by atoms with Crippen molar-refractivity contribution >= 4 is 11.6 Å². The van der Waals surface area contributed by atoms with Crippen molar-refractivity contribution in [3.63, 3.8) is 0 Å². The highest BCUT2D eigenvalue weighted by Crippen LogP contribution is 2.49. The Morgan fingerprint density at radius 2 is 1.62 bits per heavy atom. The number of rotatable bonds is 7. The van der Waals surface area contributed by atoms with E-state index in [-0.39, 0.29) is 23.8 Å². The fraction of sp³-hybridized carbons (Fsp3) is 0.467. The first-order valence-electron chi connectivity index (χ1n) is 13.3. The number of fused-ring (bicyclic) bond motifs is 2. The maximum atomic E-state index is 13.9. The zero-order valence-electron chi connectivity index (χ0n) is 21.4. The number of carbonyl (C=O) groups excluding carboxylic acids is 1. The van der Waals surface area contributed by atoms with E-state index >= 15 is 0 Å². The normalized spacial score (nSPS) is 19.0. The van der Waals surface area contributed by atoms with Crippen molar-refractivity contribution in [3.8, 4) is 0 Å². The first-order chi connectivity index (χ1) is 17.7. The number of halogens is 3. The molecule has 3 aromatic rings. The van der Waals surface area contributed by atoms with Crippen LogP contribution >= 0.6 is 0 Å². The summed E-state index contributed by atoms with van der Waals surface area (Å²) in [7, 11) is 0. The van der Waals surface area contributed by atoms with E-state index in [1.54, 1.807) is 6.20 Å². The second kappa shape index (κ2) is 9.66. The number of hydrogen-bond acceptors (Lipinski definition) is 3. The largest absolute Gasteiger partial charge is 0.416 e. The minimum atomic E-state index is -4.39. The number of nitrogens with one attached hydrogen (secondary N) is 1. The number of aromatic nitrogens is 2. The van der Waals surface area contributed by atoms with Gasteiger partial charge in [0.15, 0.2) is 5.78 Å². The van der Waals surface area contributed by atoms with Gasteiger partial charge in [-0.3, -0.25) is 4.79 Å². The van der Waals surface area contributed by atoms with Crippen LogP contribution in [-0.4, -0.2) is 15.6 Å². The van der Waals surface area contributed by atoms with Crippen molar-refractivity contribution in [1.29, 1.82) is 0 Å². The minimum Gasteiger partial charge on any atom is -0.363 e. The highest BCUT2D eigenvalue weighted by molar-refractivity contribution is 6.01. The van der Waals surface area contributed by atoms with Crippen molar-refractivity contribution < 1.29 is 18.0 Å². The van der Waals surface area contributed by atoms with Gasteiger partial charge in [0.1, 0.15) is 5.82 Å². The third-order valence-corrected chi connectivity index (χ3v) is 8.83. The van der Waals surface area contributed by atoms with Crippen molar-refractivity contribution in [2.24, 2.45) is 0 Å². The average molecular weight is 510 g/mol. The van der Waals surface area contributed by atoms with Gasteiger partial charge >= 0.3 is 6.18 Å². The number of benzene rings is 2. The molecular weight excluding hydrogens is 475 g/mol. The second-order valence-electron chi connectivity index (χ2n) is 10.7. The molecule has 0 saturated heterocycles. The number of ketones is 1. The van der Waals surface area contributed by atoms with Crippen LogP contribution in [0.1, 0.15) is 98.3 Å². The summed E-state index contributed by atoms with van der Waals surface area (Å²) in [5.41, 5.74) is 1.22. The molecule has 1 spiro atoms. The van der Waals surface area contributed by atoms with Crippen molar-refractivity contribution in [2.45, 2.75) is 88.4 Å². The van der Waals surface area contributed by atoms with Gasteiger partial charge in [-0.2, -0.15) is 18.3 Å². The maximum Gasteiger partial charge on any atom is 0.416 e. The lowest BCUT2D eigenvalue weighted by Gasteiger charge is -2.41. The quantitative estimate of drug-likeness (QED) is 0.328. The van der Waals surface area contributed by atoms with E-state index in [0.29, 0.717) is 18.4 Å². The van der Waals surface area contributed by atoms with Crippen LogP contribution in [0, 0.1) is 0 Å². The number of Topliss-reactive ketones (excluding diaryl/α,β-unsaturated/α-hetero) is 1. The Morgan fingerprint density at radius 3 is 2.22 bits per heavy atom. The summed E-state index contributed by atoms with van der Waals surface area (Å²) in [6, 6.07) is 15.7. The second-order valence-corrected chi connectivity index (χ2v) is 10.7. The number of anilines is 1. The lowest BCUT2D eigenvalue weighted by Crippen LogP contribution is -2.40. The number of alkyl halides is 3. The fourth-order valence-corrected chi connectivity index (χ4v) is 6.49. The standard InChI is InChI=1S/C30H34F3N3O/c1-3-28(4-2,22-12-14-23(15-13-22)30(31,32)33)19-26(37)24-20-34-36-27(24)35-25(21-10-6-5-7-11-21)18-29(36)16-8-9-17-29/h5-7,10-15,20,25,35H,3-4,8-9,16-19H2,1-2H3. The number of carbonyl (C=O) groups is 1. The summed E-state index contributed by atoms with van der Waals surface area (Å²) in [5, 5.41) is 8.38. The molecule has 1 aliphatic heterocycles. The predicted molar refractivity (Wildman–Crippen MR) is 139 cm³/mol. The van der Waals surface area contributed by atoms with Crippen LogP contribution in [0.5, 0.6) is 0 Å². The summed E-state index contributed by atoms with van der Waals surface area (Å²) >= 11 is 0. The molecule has 1 fully saturated rings. The maximum absolute atomic E-state index is 13.9. The van der Waals surface area contributed by atoms with E-state index in [1.165, 1.54) is 17.7 Å². The summed E-state index contributed by atoms with van der Waals surface area (Å²) in [6.45, 7) is 4.00. The minimum absolute atomic E-state index is 0.0285. The van der Waals surface area contributed by atoms with Crippen LogP contribution in [0.3, 0.4) is 0 Å². The molecule has 2 aliphatic rings. The Labute approximate surface area is 216 Å². The van der Waals surface area contributed by atoms with E-state index in [1.807, 2.05) is 32.0 Å². The molecule has 1 unspecified atom stereocenters. The predicted octanol–water partition coefficient (Wildman–Crippen LogP) is 8.06. The molecule has 0 amide bonds. The molecule has 1 saturated carbocycles. The van der Waals surface area contributed by atoms with Gasteiger partial charge in [-0.05, 0) is 55.4 Å². The molecule has 5 rings (SSSR count). The lowest BCUT2D eigenvalue weighted by atomic mass is 9.71. The van der Waals surface area contributed by atoms with E-state index in [4.69, 9.17) is 5.10 Å². The molecule has 7 heteroatoms. The molecule has 0 radical (unpaired) electrons. The van der Waals surface area contributed by atoms with Crippen LogP contribution in [0.15, 0.2) is 60.8 Å². The Bertz CT molecular complexity index is 1240. The first-order valence-corrected chi connectivity index (χ1v) is 13.3. The molecule has 0 bridgehead atoms. The Kier molecular flexibility index (Phi) is 6.67. The summed E-state index contributed by atoms with van der Waals surface area (Å²) in [5.74, 6) is 0.750. The summed E-state index contributed by atoms with van der Waals surface area (Å²) in [4.78, 5) is 13.9. The lowest BCUT2D eigenvalue weighted by molar-refractivity contribution is -0.137. The molecular formula is C30H34F3N3O. The SMILES string of the molecule is CCC(CC)(CC(=O)c1cnn2c1NC(c1ccccc1)CC21CCCC1)c1ccc(C(F)(F)F)cc1. The van der Waals surface area contributed by atoms with Gasteiger partial charge in [0.05, 0.1) is 28.9 Å². The third kappa shape index (κ3) is 4.57. The summed E-state index contributed by atoms with van der Waals surface area (Å²) in [6.07, 6.45) is 4.12. The van der Waals surface area contributed by atoms with Gasteiger partial charge in [-0.1, -0.05) is 69.2 Å². The summed E-state index contributed by atoms with van der Waals surface area (Å²) < 4.78 is 41.5. The molecule has 2 aromatic carbocycles. The van der Waals surface area contributed by atoms with E-state index in [2.05, 4.69) is 22.1 Å². The van der Waals surface area contributed by atoms with Gasteiger partial charge in [0.25, 0.3) is 0 Å². The van der Waals surface area contributed by atoms with E-state index in [9.17, 15) is 18.0 Å². The van der Waals surface area contributed by atoms with Crippen LogP contribution < -0.4 is 5.32 Å². The van der Waals surface area contributed by atoms with Crippen LogP contribution in [0.4, 0.5) is 19.0 Å². The van der Waals surface area contributed by atoms with Gasteiger partial charge in [0.2, 0.25) is 0 Å². The first kappa shape index (κ1) is 25.6. The molecule has 2 heterocycles. The monoisotopic (exact) mass is 509 g/mol. The van der Waals surface area contributed by atoms with Crippen LogP contribution in [0.2, 0.25) is 0 Å². The average Bonchev–Trinajstić information content (AvgIpc) is 3.55. The zero-order valence-corrected chi connectivity index (χ0v) is 21.4. The number of hydrogen-bond donors (Lipinski definition) is 1. The topological polar surface area (TPSA) is 46.9 Å². The Balaban J connectivity index is 1.48. The van der Waals surface area contributed by atoms with Gasteiger partial charge in [-0.15, -0.1) is 0 Å². The molecule has 1 N–H and O–H groups in total. The Morgan fingerprint density at radius 1 is 1.00 bits per heavy atom. The van der Waals surface area contributed by atoms with Crippen LogP contribution in [-0.2, 0) is 17.1 Å². The van der Waals surface area contributed by atoms with Crippen molar-refractivity contribution in [3.05, 3.63) is 83.0 Å². The van der Waals surface area contributed by atoms with Gasteiger partial charge in [-0.25, -0.2) is 4.68 Å². The fourth-order valence-electron chi connectivity index (χ4n) is 6.49.